The Morgan fingerprint density at radius 1 is 0.789 bits per heavy atom. The second-order valence-electron chi connectivity index (χ2n) is 8.63. The van der Waals surface area contributed by atoms with Crippen LogP contribution >= 0.6 is 11.6 Å². The number of rotatable bonds is 11. The maximum absolute atomic E-state index is 13.7. The predicted octanol–water partition coefficient (Wildman–Crippen LogP) is 5.81. The second-order valence-corrected chi connectivity index (χ2v) is 9.07. The first-order valence-corrected chi connectivity index (χ1v) is 12.6. The summed E-state index contributed by atoms with van der Waals surface area (Å²) in [6.07, 6.45) is 0. The van der Waals surface area contributed by atoms with Crippen molar-refractivity contribution >= 4 is 23.4 Å². The number of carbonyl (C=O) groups excluding carboxylic acids is 2. The number of ether oxygens (including phenoxy) is 2. The average molecular weight is 529 g/mol. The number of methoxy groups -OCH3 is 1. The molecule has 7 heteroatoms. The van der Waals surface area contributed by atoms with E-state index in [1.54, 1.807) is 36.3 Å². The Kier molecular flexibility index (Phi) is 9.37. The standard InChI is InChI=1S/C31H29ClN2O4/c1-37-27-18-14-23(15-19-27)20-33-31(36)30(25-8-4-2-5-9-25)34(21-24-12-16-26(32)17-13-24)29(35)22-38-28-10-6-3-7-11-28/h2-19,30H,20-22H2,1H3,(H,33,36)/t30-/m1/s1. The van der Waals surface area contributed by atoms with Gasteiger partial charge in [-0.25, -0.2) is 0 Å². The van der Waals surface area contributed by atoms with Gasteiger partial charge in [-0.05, 0) is 53.1 Å². The highest BCUT2D eigenvalue weighted by atomic mass is 35.5. The van der Waals surface area contributed by atoms with Gasteiger partial charge in [0.2, 0.25) is 5.91 Å². The summed E-state index contributed by atoms with van der Waals surface area (Å²) in [6.45, 7) is 0.284. The monoisotopic (exact) mass is 528 g/mol. The first-order valence-electron chi connectivity index (χ1n) is 12.2. The fraction of sp³-hybridized carbons (Fsp3) is 0.161. The molecule has 0 fully saturated rings. The quantitative estimate of drug-likeness (QED) is 0.266. The van der Waals surface area contributed by atoms with Crippen LogP contribution < -0.4 is 14.8 Å². The molecule has 0 bridgehead atoms. The molecule has 0 radical (unpaired) electrons. The van der Waals surface area contributed by atoms with Gasteiger partial charge in [-0.3, -0.25) is 9.59 Å². The van der Waals surface area contributed by atoms with E-state index in [9.17, 15) is 9.59 Å². The van der Waals surface area contributed by atoms with E-state index in [1.807, 2.05) is 84.9 Å². The molecule has 0 aliphatic carbocycles. The molecule has 4 aromatic rings. The van der Waals surface area contributed by atoms with E-state index >= 15 is 0 Å². The van der Waals surface area contributed by atoms with Crippen molar-refractivity contribution in [2.24, 2.45) is 0 Å². The van der Waals surface area contributed by atoms with Gasteiger partial charge in [-0.2, -0.15) is 0 Å². The summed E-state index contributed by atoms with van der Waals surface area (Å²) in [7, 11) is 1.61. The van der Waals surface area contributed by atoms with Crippen molar-refractivity contribution in [2.75, 3.05) is 13.7 Å². The number of benzene rings is 4. The Labute approximate surface area is 227 Å². The van der Waals surface area contributed by atoms with Crippen LogP contribution in [0, 0.1) is 0 Å². The molecule has 0 aromatic heterocycles. The third-order valence-electron chi connectivity index (χ3n) is 5.99. The van der Waals surface area contributed by atoms with Crippen LogP contribution in [0.15, 0.2) is 109 Å². The van der Waals surface area contributed by atoms with Gasteiger partial charge in [0, 0.05) is 18.1 Å². The van der Waals surface area contributed by atoms with E-state index in [2.05, 4.69) is 5.32 Å². The maximum atomic E-state index is 13.7. The molecular formula is C31H29ClN2O4. The first-order chi connectivity index (χ1) is 18.5. The van der Waals surface area contributed by atoms with Gasteiger partial charge in [0.05, 0.1) is 7.11 Å². The van der Waals surface area contributed by atoms with E-state index in [-0.39, 0.29) is 25.0 Å². The van der Waals surface area contributed by atoms with Crippen molar-refractivity contribution < 1.29 is 19.1 Å². The Morgan fingerprint density at radius 3 is 2.03 bits per heavy atom. The Balaban J connectivity index is 1.61. The fourth-order valence-electron chi connectivity index (χ4n) is 3.99. The summed E-state index contributed by atoms with van der Waals surface area (Å²) in [5, 5.41) is 3.60. The molecule has 0 aliphatic rings. The lowest BCUT2D eigenvalue weighted by molar-refractivity contribution is -0.143. The summed E-state index contributed by atoms with van der Waals surface area (Å²) in [5.74, 6) is 0.694. The summed E-state index contributed by atoms with van der Waals surface area (Å²) >= 11 is 6.08. The van der Waals surface area contributed by atoms with Crippen molar-refractivity contribution in [1.82, 2.24) is 10.2 Å². The van der Waals surface area contributed by atoms with Crippen molar-refractivity contribution in [3.05, 3.63) is 131 Å². The lowest BCUT2D eigenvalue weighted by Gasteiger charge is -2.31. The molecule has 0 spiro atoms. The van der Waals surface area contributed by atoms with Crippen molar-refractivity contribution in [3.63, 3.8) is 0 Å². The molecule has 0 saturated carbocycles. The van der Waals surface area contributed by atoms with Crippen LogP contribution in [0.4, 0.5) is 0 Å². The third kappa shape index (κ3) is 7.37. The van der Waals surface area contributed by atoms with Crippen LogP contribution in [0.3, 0.4) is 0 Å². The number of nitrogens with one attached hydrogen (secondary N) is 1. The van der Waals surface area contributed by atoms with Gasteiger partial charge < -0.3 is 19.7 Å². The molecule has 38 heavy (non-hydrogen) atoms. The zero-order chi connectivity index (χ0) is 26.7. The number of hydrogen-bond acceptors (Lipinski definition) is 4. The number of halogens is 1. The summed E-state index contributed by atoms with van der Waals surface area (Å²) in [6, 6.07) is 32.2. The summed E-state index contributed by atoms with van der Waals surface area (Å²) < 4.78 is 11.0. The van der Waals surface area contributed by atoms with Crippen LogP contribution in [0.2, 0.25) is 5.02 Å². The molecule has 4 aromatic carbocycles. The average Bonchev–Trinajstić information content (AvgIpc) is 2.97. The van der Waals surface area contributed by atoms with E-state index in [0.29, 0.717) is 22.9 Å². The lowest BCUT2D eigenvalue weighted by atomic mass is 10.0. The first kappa shape index (κ1) is 26.8. The van der Waals surface area contributed by atoms with Crippen LogP contribution in [-0.4, -0.2) is 30.4 Å². The number of amides is 2. The van der Waals surface area contributed by atoms with Gasteiger partial charge in [0.1, 0.15) is 17.5 Å². The number of para-hydroxylation sites is 1. The molecule has 4 rings (SSSR count). The number of nitrogens with zero attached hydrogens (tertiary/aromatic N) is 1. The molecule has 0 heterocycles. The highest BCUT2D eigenvalue weighted by molar-refractivity contribution is 6.30. The SMILES string of the molecule is COc1ccc(CNC(=O)[C@@H](c2ccccc2)N(Cc2ccc(Cl)cc2)C(=O)COc2ccccc2)cc1. The minimum absolute atomic E-state index is 0.198. The predicted molar refractivity (Wildman–Crippen MR) is 148 cm³/mol. The second kappa shape index (κ2) is 13.3. The van der Waals surface area contributed by atoms with Gasteiger partial charge in [0.25, 0.3) is 5.91 Å². The normalized spacial score (nSPS) is 11.3. The summed E-state index contributed by atoms with van der Waals surface area (Å²) in [4.78, 5) is 28.9. The van der Waals surface area contributed by atoms with E-state index in [4.69, 9.17) is 21.1 Å². The Bertz CT molecular complexity index is 1310. The number of carbonyl (C=O) groups is 2. The van der Waals surface area contributed by atoms with Gasteiger partial charge in [-0.1, -0.05) is 84.4 Å². The third-order valence-corrected chi connectivity index (χ3v) is 6.25. The Morgan fingerprint density at radius 2 is 1.39 bits per heavy atom. The zero-order valence-electron chi connectivity index (χ0n) is 21.0. The molecule has 1 N–H and O–H groups in total. The smallest absolute Gasteiger partial charge is 0.261 e. The van der Waals surface area contributed by atoms with Gasteiger partial charge >= 0.3 is 0 Å². The fourth-order valence-corrected chi connectivity index (χ4v) is 4.12. The molecule has 0 unspecified atom stereocenters. The highest BCUT2D eigenvalue weighted by Crippen LogP contribution is 2.25. The van der Waals surface area contributed by atoms with Gasteiger partial charge in [0.15, 0.2) is 6.61 Å². The highest BCUT2D eigenvalue weighted by Gasteiger charge is 2.31. The minimum atomic E-state index is -0.878. The van der Waals surface area contributed by atoms with E-state index < -0.39 is 6.04 Å². The van der Waals surface area contributed by atoms with Crippen LogP contribution in [0.25, 0.3) is 0 Å². The topological polar surface area (TPSA) is 67.9 Å². The van der Waals surface area contributed by atoms with Crippen LogP contribution in [0.1, 0.15) is 22.7 Å². The lowest BCUT2D eigenvalue weighted by Crippen LogP contribution is -2.45. The molecular weight excluding hydrogens is 500 g/mol. The van der Waals surface area contributed by atoms with E-state index in [1.165, 1.54) is 0 Å². The maximum Gasteiger partial charge on any atom is 0.261 e. The van der Waals surface area contributed by atoms with Crippen LogP contribution in [-0.2, 0) is 22.7 Å². The van der Waals surface area contributed by atoms with E-state index in [0.717, 1.165) is 16.9 Å². The van der Waals surface area contributed by atoms with Crippen molar-refractivity contribution in [2.45, 2.75) is 19.1 Å². The van der Waals surface area contributed by atoms with Crippen LogP contribution in [0.5, 0.6) is 11.5 Å². The Hall–Kier alpha value is -4.29. The van der Waals surface area contributed by atoms with Crippen molar-refractivity contribution in [1.29, 1.82) is 0 Å². The summed E-state index contributed by atoms with van der Waals surface area (Å²) in [5.41, 5.74) is 2.45. The van der Waals surface area contributed by atoms with Gasteiger partial charge in [-0.15, -0.1) is 0 Å². The minimum Gasteiger partial charge on any atom is -0.497 e. The zero-order valence-corrected chi connectivity index (χ0v) is 21.8. The molecule has 0 aliphatic heterocycles. The molecule has 1 atom stereocenters. The molecule has 6 nitrogen and oxygen atoms in total. The number of hydrogen-bond donors (Lipinski definition) is 1. The molecule has 0 saturated heterocycles. The largest absolute Gasteiger partial charge is 0.497 e. The molecule has 2 amide bonds. The van der Waals surface area contributed by atoms with Crippen molar-refractivity contribution in [3.8, 4) is 11.5 Å². The molecule has 194 valence electrons.